The van der Waals surface area contributed by atoms with Crippen LogP contribution >= 0.6 is 0 Å². The maximum atomic E-state index is 12.3. The number of nitrogens with zero attached hydrogens (tertiary/aromatic N) is 2. The van der Waals surface area contributed by atoms with Crippen LogP contribution in [-0.2, 0) is 15.7 Å². The molecule has 1 aromatic carbocycles. The average Bonchev–Trinajstić information content (AvgIpc) is 2.47. The molecule has 0 saturated carbocycles. The van der Waals surface area contributed by atoms with Crippen LogP contribution in [-0.4, -0.2) is 20.8 Å². The van der Waals surface area contributed by atoms with Crippen LogP contribution in [0.5, 0.6) is 0 Å². The van der Waals surface area contributed by atoms with E-state index in [1.54, 1.807) is 6.20 Å². The van der Waals surface area contributed by atoms with Gasteiger partial charge in [-0.25, -0.2) is 4.21 Å². The third-order valence-corrected chi connectivity index (χ3v) is 5.19. The summed E-state index contributed by atoms with van der Waals surface area (Å²) in [5.41, 5.74) is 7.90. The van der Waals surface area contributed by atoms with E-state index in [-0.39, 0.29) is 11.3 Å². The van der Waals surface area contributed by atoms with Crippen molar-refractivity contribution in [3.63, 3.8) is 0 Å². The quantitative estimate of drug-likeness (QED) is 0.924. The zero-order chi connectivity index (χ0) is 15.7. The summed E-state index contributed by atoms with van der Waals surface area (Å²) in [6.07, 6.45) is 3.55. The molecule has 0 amide bonds. The van der Waals surface area contributed by atoms with Gasteiger partial charge in [0.25, 0.3) is 6.02 Å². The molecule has 5 nitrogen and oxygen atoms in total. The van der Waals surface area contributed by atoms with Gasteiger partial charge in [0, 0.05) is 12.4 Å². The lowest BCUT2D eigenvalue weighted by molar-refractivity contribution is 0.0848. The number of benzene rings is 1. The number of amidine groups is 1. The van der Waals surface area contributed by atoms with Gasteiger partial charge in [-0.15, -0.1) is 4.40 Å². The van der Waals surface area contributed by atoms with Crippen molar-refractivity contribution in [2.75, 3.05) is 0 Å². The Balaban J connectivity index is 1.95. The maximum Gasteiger partial charge on any atom is 0.296 e. The zero-order valence-electron chi connectivity index (χ0n) is 12.4. The smallest absolute Gasteiger partial charge is 0.296 e. The molecule has 22 heavy (non-hydrogen) atoms. The first-order chi connectivity index (χ1) is 10.5. The Morgan fingerprint density at radius 1 is 1.18 bits per heavy atom. The molecule has 2 unspecified atom stereocenters. The first kappa shape index (κ1) is 14.7. The molecular formula is C16H17N3O2S. The Kier molecular flexibility index (Phi) is 3.70. The van der Waals surface area contributed by atoms with E-state index in [4.69, 9.17) is 10.5 Å². The van der Waals surface area contributed by atoms with Gasteiger partial charge in [-0.05, 0) is 36.6 Å². The van der Waals surface area contributed by atoms with Crippen molar-refractivity contribution >= 4 is 17.0 Å². The Bertz CT molecular complexity index is 727. The predicted molar refractivity (Wildman–Crippen MR) is 87.3 cm³/mol. The summed E-state index contributed by atoms with van der Waals surface area (Å²) < 4.78 is 21.7. The van der Waals surface area contributed by atoms with Crippen molar-refractivity contribution in [3.05, 3.63) is 54.4 Å². The van der Waals surface area contributed by atoms with Gasteiger partial charge in [-0.2, -0.15) is 0 Å². The minimum atomic E-state index is -1.45. The minimum Gasteiger partial charge on any atom is -0.457 e. The summed E-state index contributed by atoms with van der Waals surface area (Å²) in [5.74, 6) is 0. The highest BCUT2D eigenvalue weighted by molar-refractivity contribution is 7.84. The molecule has 2 N–H and O–H groups in total. The van der Waals surface area contributed by atoms with Crippen LogP contribution in [0, 0.1) is 0 Å². The molecule has 2 atom stereocenters. The van der Waals surface area contributed by atoms with Gasteiger partial charge in [0.2, 0.25) is 0 Å². The molecule has 0 aliphatic carbocycles. The lowest BCUT2D eigenvalue weighted by Gasteiger charge is -2.35. The lowest BCUT2D eigenvalue weighted by atomic mass is 9.95. The van der Waals surface area contributed by atoms with Gasteiger partial charge in [-0.3, -0.25) is 4.98 Å². The summed E-state index contributed by atoms with van der Waals surface area (Å²) in [6.45, 7) is 3.73. The summed E-state index contributed by atoms with van der Waals surface area (Å²) in [5, 5.41) is -0.359. The minimum absolute atomic E-state index is 0.0217. The third kappa shape index (κ3) is 2.74. The second-order valence-corrected chi connectivity index (χ2v) is 6.86. The highest BCUT2D eigenvalue weighted by Crippen LogP contribution is 2.38. The van der Waals surface area contributed by atoms with Gasteiger partial charge in [0.15, 0.2) is 11.0 Å². The van der Waals surface area contributed by atoms with Crippen LogP contribution in [0.2, 0.25) is 0 Å². The molecule has 3 rings (SSSR count). The second kappa shape index (κ2) is 5.53. The standard InChI is InChI=1S/C16H17N3O2S/c1-16(2)14(22(20)19-15(17)21-16)12-7-5-11(6-8-12)13-4-3-9-18-10-13/h3-10,14H,1-2H3,(H2,17,19). The van der Waals surface area contributed by atoms with Crippen molar-refractivity contribution in [2.24, 2.45) is 10.1 Å². The summed E-state index contributed by atoms with van der Waals surface area (Å²) in [6, 6.07) is 11.8. The fraction of sp³-hybridized carbons (Fsp3) is 0.250. The lowest BCUT2D eigenvalue weighted by Crippen LogP contribution is -2.43. The molecule has 0 bridgehead atoms. The molecule has 1 aliphatic rings. The van der Waals surface area contributed by atoms with E-state index in [1.165, 1.54) is 0 Å². The fourth-order valence-corrected chi connectivity index (χ4v) is 3.87. The van der Waals surface area contributed by atoms with Gasteiger partial charge >= 0.3 is 0 Å². The van der Waals surface area contributed by atoms with Crippen LogP contribution in [0.3, 0.4) is 0 Å². The van der Waals surface area contributed by atoms with E-state index in [2.05, 4.69) is 9.38 Å². The predicted octanol–water partition coefficient (Wildman–Crippen LogP) is 2.58. The van der Waals surface area contributed by atoms with Gasteiger partial charge in [-0.1, -0.05) is 30.3 Å². The molecule has 2 aromatic rings. The maximum absolute atomic E-state index is 12.3. The van der Waals surface area contributed by atoms with Crippen LogP contribution in [0.25, 0.3) is 11.1 Å². The van der Waals surface area contributed by atoms with E-state index in [9.17, 15) is 4.21 Å². The number of ether oxygens (including phenoxy) is 1. The van der Waals surface area contributed by atoms with Gasteiger partial charge in [0.05, 0.1) is 0 Å². The molecule has 2 heterocycles. The topological polar surface area (TPSA) is 77.6 Å². The van der Waals surface area contributed by atoms with E-state index in [0.29, 0.717) is 0 Å². The number of pyridine rings is 1. The Morgan fingerprint density at radius 3 is 2.50 bits per heavy atom. The van der Waals surface area contributed by atoms with Crippen LogP contribution in [0.4, 0.5) is 0 Å². The van der Waals surface area contributed by atoms with Crippen LogP contribution in [0.1, 0.15) is 24.7 Å². The van der Waals surface area contributed by atoms with Crippen molar-refractivity contribution < 1.29 is 8.95 Å². The summed E-state index contributed by atoms with van der Waals surface area (Å²) in [7, 11) is -1.45. The first-order valence-corrected chi connectivity index (χ1v) is 8.08. The molecular weight excluding hydrogens is 298 g/mol. The molecule has 114 valence electrons. The molecule has 1 aliphatic heterocycles. The SMILES string of the molecule is CC1(C)OC(N)=NS(=O)C1c1ccc(-c2cccnc2)cc1. The van der Waals surface area contributed by atoms with E-state index in [0.717, 1.165) is 16.7 Å². The molecule has 1 aromatic heterocycles. The molecule has 6 heteroatoms. The second-order valence-electron chi connectivity index (χ2n) is 5.65. The van der Waals surface area contributed by atoms with Gasteiger partial charge in [0.1, 0.15) is 10.9 Å². The largest absolute Gasteiger partial charge is 0.457 e. The number of hydrogen-bond donors (Lipinski definition) is 1. The summed E-state index contributed by atoms with van der Waals surface area (Å²) >= 11 is 0. The van der Waals surface area contributed by atoms with Crippen LogP contribution < -0.4 is 5.73 Å². The number of rotatable bonds is 2. The van der Waals surface area contributed by atoms with Crippen molar-refractivity contribution in [2.45, 2.75) is 24.7 Å². The highest BCUT2D eigenvalue weighted by Gasteiger charge is 2.41. The zero-order valence-corrected chi connectivity index (χ0v) is 13.2. The molecule has 0 fully saturated rings. The number of nitrogens with two attached hydrogens (primary N) is 1. The Labute approximate surface area is 131 Å². The van der Waals surface area contributed by atoms with Crippen molar-refractivity contribution in [1.82, 2.24) is 4.98 Å². The molecule has 0 spiro atoms. The third-order valence-electron chi connectivity index (χ3n) is 3.59. The normalized spacial score (nSPS) is 23.5. The van der Waals surface area contributed by atoms with E-state index < -0.39 is 16.6 Å². The first-order valence-electron chi connectivity index (χ1n) is 6.91. The average molecular weight is 315 g/mol. The van der Waals surface area contributed by atoms with Gasteiger partial charge < -0.3 is 10.5 Å². The number of aromatic nitrogens is 1. The van der Waals surface area contributed by atoms with Crippen molar-refractivity contribution in [3.8, 4) is 11.1 Å². The highest BCUT2D eigenvalue weighted by atomic mass is 32.2. The fourth-order valence-electron chi connectivity index (χ4n) is 2.63. The Hall–Kier alpha value is -2.21. The van der Waals surface area contributed by atoms with E-state index >= 15 is 0 Å². The monoisotopic (exact) mass is 315 g/mol. The number of hydrogen-bond acceptors (Lipinski definition) is 4. The summed E-state index contributed by atoms with van der Waals surface area (Å²) in [4.78, 5) is 4.12. The molecule has 0 radical (unpaired) electrons. The van der Waals surface area contributed by atoms with E-state index in [1.807, 2.05) is 56.4 Å². The molecule has 0 saturated heterocycles. The van der Waals surface area contributed by atoms with Crippen LogP contribution in [0.15, 0.2) is 53.2 Å². The Morgan fingerprint density at radius 2 is 1.91 bits per heavy atom. The van der Waals surface area contributed by atoms with Crippen molar-refractivity contribution in [1.29, 1.82) is 0 Å².